The summed E-state index contributed by atoms with van der Waals surface area (Å²) in [5.74, 6) is 0.920. The third kappa shape index (κ3) is 3.22. The molecule has 0 bridgehead atoms. The van der Waals surface area contributed by atoms with E-state index in [1.54, 1.807) is 6.20 Å². The standard InChI is InChI=1S/C12H13Cl2N3/c1-17-11(14)7-16-12(17)8-15-6-9-2-4-10(13)5-3-9/h2-5,7,15H,6,8H2,1H3. The van der Waals surface area contributed by atoms with E-state index < -0.39 is 0 Å². The number of imidazole rings is 1. The lowest BCUT2D eigenvalue weighted by Gasteiger charge is -2.05. The summed E-state index contributed by atoms with van der Waals surface area (Å²) in [5.41, 5.74) is 1.19. The van der Waals surface area contributed by atoms with Crippen molar-refractivity contribution in [2.45, 2.75) is 13.1 Å². The molecule has 2 aromatic rings. The predicted molar refractivity (Wildman–Crippen MR) is 70.2 cm³/mol. The van der Waals surface area contributed by atoms with Crippen molar-refractivity contribution < 1.29 is 0 Å². The first-order chi connectivity index (χ1) is 8.16. The van der Waals surface area contributed by atoms with E-state index in [4.69, 9.17) is 23.2 Å². The van der Waals surface area contributed by atoms with E-state index in [9.17, 15) is 0 Å². The van der Waals surface area contributed by atoms with Crippen LogP contribution in [0.1, 0.15) is 11.4 Å². The molecule has 2 rings (SSSR count). The second-order valence-corrected chi connectivity index (χ2v) is 4.61. The van der Waals surface area contributed by atoms with Crippen LogP contribution >= 0.6 is 23.2 Å². The quantitative estimate of drug-likeness (QED) is 0.925. The van der Waals surface area contributed by atoms with Gasteiger partial charge in [-0.05, 0) is 17.7 Å². The first-order valence-electron chi connectivity index (χ1n) is 5.28. The average Bonchev–Trinajstić information content (AvgIpc) is 2.64. The van der Waals surface area contributed by atoms with Crippen LogP contribution in [0.5, 0.6) is 0 Å². The Kier molecular flexibility index (Phi) is 4.05. The number of hydrogen-bond acceptors (Lipinski definition) is 2. The van der Waals surface area contributed by atoms with Crippen LogP contribution in [-0.4, -0.2) is 9.55 Å². The summed E-state index contributed by atoms with van der Waals surface area (Å²) < 4.78 is 1.86. The Morgan fingerprint density at radius 3 is 2.47 bits per heavy atom. The highest BCUT2D eigenvalue weighted by molar-refractivity contribution is 6.30. The molecular formula is C12H13Cl2N3. The molecule has 0 unspecified atom stereocenters. The van der Waals surface area contributed by atoms with E-state index >= 15 is 0 Å². The van der Waals surface area contributed by atoms with Crippen molar-refractivity contribution in [3.63, 3.8) is 0 Å². The van der Waals surface area contributed by atoms with Gasteiger partial charge in [-0.2, -0.15) is 0 Å². The molecule has 17 heavy (non-hydrogen) atoms. The molecule has 0 radical (unpaired) electrons. The lowest BCUT2D eigenvalue weighted by Crippen LogP contribution is -2.15. The molecule has 0 saturated heterocycles. The van der Waals surface area contributed by atoms with E-state index in [1.807, 2.05) is 35.9 Å². The Labute approximate surface area is 110 Å². The zero-order valence-corrected chi connectivity index (χ0v) is 11.0. The molecule has 0 saturated carbocycles. The van der Waals surface area contributed by atoms with E-state index in [1.165, 1.54) is 5.56 Å². The lowest BCUT2D eigenvalue weighted by molar-refractivity contribution is 0.639. The fraction of sp³-hybridized carbons (Fsp3) is 0.250. The lowest BCUT2D eigenvalue weighted by atomic mass is 10.2. The van der Waals surface area contributed by atoms with Crippen LogP contribution in [0.3, 0.4) is 0 Å². The molecule has 1 N–H and O–H groups in total. The van der Waals surface area contributed by atoms with Gasteiger partial charge in [0.05, 0.1) is 12.7 Å². The Morgan fingerprint density at radius 1 is 1.18 bits per heavy atom. The molecule has 0 aliphatic rings. The maximum atomic E-state index is 5.90. The third-order valence-corrected chi connectivity index (χ3v) is 3.16. The maximum absolute atomic E-state index is 5.90. The number of halogens is 2. The van der Waals surface area contributed by atoms with Gasteiger partial charge in [-0.15, -0.1) is 0 Å². The number of nitrogens with zero attached hydrogens (tertiary/aromatic N) is 2. The van der Waals surface area contributed by atoms with Crippen LogP contribution in [0.25, 0.3) is 0 Å². The number of rotatable bonds is 4. The van der Waals surface area contributed by atoms with Crippen LogP contribution in [0, 0.1) is 0 Å². The molecule has 0 aliphatic carbocycles. The van der Waals surface area contributed by atoms with Crippen molar-refractivity contribution in [3.8, 4) is 0 Å². The topological polar surface area (TPSA) is 29.9 Å². The van der Waals surface area contributed by atoms with Gasteiger partial charge in [-0.3, -0.25) is 0 Å². The van der Waals surface area contributed by atoms with E-state index in [0.717, 1.165) is 17.4 Å². The van der Waals surface area contributed by atoms with Crippen molar-refractivity contribution in [3.05, 3.63) is 52.0 Å². The van der Waals surface area contributed by atoms with Gasteiger partial charge in [-0.25, -0.2) is 4.98 Å². The summed E-state index contributed by atoms with van der Waals surface area (Å²) in [4.78, 5) is 4.21. The molecule has 1 heterocycles. The highest BCUT2D eigenvalue weighted by Gasteiger charge is 2.03. The molecular weight excluding hydrogens is 257 g/mol. The van der Waals surface area contributed by atoms with Gasteiger partial charge in [0.25, 0.3) is 0 Å². The molecule has 0 atom stereocenters. The van der Waals surface area contributed by atoms with Crippen molar-refractivity contribution >= 4 is 23.2 Å². The summed E-state index contributed by atoms with van der Waals surface area (Å²) in [6.07, 6.45) is 1.65. The number of benzene rings is 1. The minimum Gasteiger partial charge on any atom is -0.321 e. The molecule has 1 aromatic carbocycles. The largest absolute Gasteiger partial charge is 0.321 e. The molecule has 1 aromatic heterocycles. The van der Waals surface area contributed by atoms with E-state index in [2.05, 4.69) is 10.3 Å². The van der Waals surface area contributed by atoms with Gasteiger partial charge in [-0.1, -0.05) is 35.3 Å². The number of nitrogens with one attached hydrogen (secondary N) is 1. The monoisotopic (exact) mass is 269 g/mol. The van der Waals surface area contributed by atoms with Gasteiger partial charge in [0, 0.05) is 18.6 Å². The zero-order valence-electron chi connectivity index (χ0n) is 9.45. The van der Waals surface area contributed by atoms with Crippen molar-refractivity contribution in [2.75, 3.05) is 0 Å². The van der Waals surface area contributed by atoms with Gasteiger partial charge >= 0.3 is 0 Å². The molecule has 5 heteroatoms. The Bertz CT molecular complexity index is 491. The van der Waals surface area contributed by atoms with E-state index in [0.29, 0.717) is 11.7 Å². The van der Waals surface area contributed by atoms with Crippen molar-refractivity contribution in [1.29, 1.82) is 0 Å². The smallest absolute Gasteiger partial charge is 0.128 e. The Hall–Kier alpha value is -1.03. The maximum Gasteiger partial charge on any atom is 0.128 e. The van der Waals surface area contributed by atoms with Gasteiger partial charge in [0.15, 0.2) is 0 Å². The van der Waals surface area contributed by atoms with Gasteiger partial charge < -0.3 is 9.88 Å². The normalized spacial score (nSPS) is 10.8. The van der Waals surface area contributed by atoms with Crippen LogP contribution in [0.15, 0.2) is 30.5 Å². The Morgan fingerprint density at radius 2 is 1.88 bits per heavy atom. The predicted octanol–water partition coefficient (Wildman–Crippen LogP) is 3.02. The molecule has 0 amide bonds. The highest BCUT2D eigenvalue weighted by atomic mass is 35.5. The Balaban J connectivity index is 1.87. The number of aromatic nitrogens is 2. The molecule has 90 valence electrons. The molecule has 0 spiro atoms. The molecule has 0 aliphatic heterocycles. The van der Waals surface area contributed by atoms with Crippen LogP contribution in [0.2, 0.25) is 10.2 Å². The SMILES string of the molecule is Cn1c(Cl)cnc1CNCc1ccc(Cl)cc1. The summed E-state index contributed by atoms with van der Waals surface area (Å²) in [6.45, 7) is 1.47. The van der Waals surface area contributed by atoms with Gasteiger partial charge in [0.1, 0.15) is 11.0 Å². The molecule has 3 nitrogen and oxygen atoms in total. The van der Waals surface area contributed by atoms with Crippen LogP contribution in [0.4, 0.5) is 0 Å². The fourth-order valence-corrected chi connectivity index (χ4v) is 1.78. The summed E-state index contributed by atoms with van der Waals surface area (Å²) in [6, 6.07) is 7.77. The summed E-state index contributed by atoms with van der Waals surface area (Å²) in [5, 5.41) is 4.71. The summed E-state index contributed by atoms with van der Waals surface area (Å²) in [7, 11) is 1.90. The summed E-state index contributed by atoms with van der Waals surface area (Å²) >= 11 is 11.7. The average molecular weight is 270 g/mol. The second-order valence-electron chi connectivity index (χ2n) is 3.79. The highest BCUT2D eigenvalue weighted by Crippen LogP contribution is 2.10. The zero-order chi connectivity index (χ0) is 12.3. The number of hydrogen-bond donors (Lipinski definition) is 1. The van der Waals surface area contributed by atoms with E-state index in [-0.39, 0.29) is 0 Å². The minimum absolute atomic E-state index is 0.647. The van der Waals surface area contributed by atoms with Gasteiger partial charge in [0.2, 0.25) is 0 Å². The van der Waals surface area contributed by atoms with Crippen LogP contribution < -0.4 is 5.32 Å². The van der Waals surface area contributed by atoms with Crippen molar-refractivity contribution in [1.82, 2.24) is 14.9 Å². The van der Waals surface area contributed by atoms with Crippen molar-refractivity contribution in [2.24, 2.45) is 7.05 Å². The first-order valence-corrected chi connectivity index (χ1v) is 6.03. The third-order valence-electron chi connectivity index (χ3n) is 2.55. The molecule has 0 fully saturated rings. The van der Waals surface area contributed by atoms with Crippen LogP contribution in [-0.2, 0) is 20.1 Å². The fourth-order valence-electron chi connectivity index (χ4n) is 1.51. The minimum atomic E-state index is 0.647. The second kappa shape index (κ2) is 5.54. The first kappa shape index (κ1) is 12.4.